The molecule has 0 bridgehead atoms. The van der Waals surface area contributed by atoms with Gasteiger partial charge in [0.15, 0.2) is 0 Å². The van der Waals surface area contributed by atoms with Crippen LogP contribution in [0.1, 0.15) is 36.1 Å². The minimum absolute atomic E-state index is 0.442. The largest absolute Gasteiger partial charge is 0.366 e. The van der Waals surface area contributed by atoms with Crippen molar-refractivity contribution < 1.29 is 0 Å². The van der Waals surface area contributed by atoms with Gasteiger partial charge >= 0.3 is 0 Å². The lowest BCUT2D eigenvalue weighted by Gasteiger charge is -2.29. The molecule has 33 heavy (non-hydrogen) atoms. The Morgan fingerprint density at radius 1 is 1.12 bits per heavy atom. The summed E-state index contributed by atoms with van der Waals surface area (Å²) >= 11 is 6.34. The van der Waals surface area contributed by atoms with Gasteiger partial charge in [-0.15, -0.1) is 0 Å². The number of hydrogen-bond donors (Lipinski definition) is 1. The van der Waals surface area contributed by atoms with E-state index in [9.17, 15) is 0 Å². The maximum absolute atomic E-state index is 6.34. The zero-order valence-corrected chi connectivity index (χ0v) is 19.9. The fourth-order valence-corrected chi connectivity index (χ4v) is 4.16. The summed E-state index contributed by atoms with van der Waals surface area (Å²) in [6.07, 6.45) is 7.22. The van der Waals surface area contributed by atoms with E-state index in [1.54, 1.807) is 6.07 Å². The van der Waals surface area contributed by atoms with Crippen LogP contribution < -0.4 is 10.2 Å². The van der Waals surface area contributed by atoms with Gasteiger partial charge in [-0.2, -0.15) is 4.98 Å². The summed E-state index contributed by atoms with van der Waals surface area (Å²) in [7, 11) is 0. The first-order valence-electron chi connectivity index (χ1n) is 11.2. The highest BCUT2D eigenvalue weighted by Crippen LogP contribution is 2.25. The summed E-state index contributed by atoms with van der Waals surface area (Å²) in [6, 6.07) is 18.8. The quantitative estimate of drug-likeness (QED) is 0.312. The smallest absolute Gasteiger partial charge is 0.229 e. The molecule has 3 aromatic rings. The molecule has 0 aliphatic carbocycles. The number of halogens is 1. The minimum Gasteiger partial charge on any atom is -0.366 e. The summed E-state index contributed by atoms with van der Waals surface area (Å²) in [5.74, 6) is 1.39. The van der Waals surface area contributed by atoms with Crippen LogP contribution in [0.15, 0.2) is 85.0 Å². The van der Waals surface area contributed by atoms with Crippen LogP contribution >= 0.6 is 11.6 Å². The van der Waals surface area contributed by atoms with Crippen LogP contribution in [-0.4, -0.2) is 16.5 Å². The summed E-state index contributed by atoms with van der Waals surface area (Å²) < 4.78 is 0. The van der Waals surface area contributed by atoms with Gasteiger partial charge in [-0.3, -0.25) is 0 Å². The van der Waals surface area contributed by atoms with Gasteiger partial charge in [0.05, 0.1) is 0 Å². The van der Waals surface area contributed by atoms with Gasteiger partial charge in [-0.1, -0.05) is 90.5 Å². The third-order valence-corrected chi connectivity index (χ3v) is 5.80. The van der Waals surface area contributed by atoms with Crippen LogP contribution in [0.4, 0.5) is 11.8 Å². The lowest BCUT2D eigenvalue weighted by atomic mass is 10.0. The van der Waals surface area contributed by atoms with Gasteiger partial charge < -0.3 is 10.2 Å². The van der Waals surface area contributed by atoms with Crippen molar-refractivity contribution in [1.82, 2.24) is 9.97 Å². The van der Waals surface area contributed by atoms with Gasteiger partial charge in [-0.05, 0) is 48.1 Å². The normalized spacial score (nSPS) is 13.8. The molecule has 0 spiro atoms. The summed E-state index contributed by atoms with van der Waals surface area (Å²) in [6.45, 7) is 10.3. The van der Waals surface area contributed by atoms with Crippen LogP contribution in [-0.2, 0) is 19.5 Å². The monoisotopic (exact) mass is 456 g/mol. The molecule has 0 saturated heterocycles. The number of aromatic nitrogens is 2. The lowest BCUT2D eigenvalue weighted by Crippen LogP contribution is -2.31. The molecule has 4 rings (SSSR count). The molecule has 2 heterocycles. The molecule has 1 aliphatic heterocycles. The number of nitrogens with zero attached hydrogens (tertiary/aromatic N) is 3. The van der Waals surface area contributed by atoms with Crippen molar-refractivity contribution in [1.29, 1.82) is 0 Å². The predicted molar refractivity (Wildman–Crippen MR) is 140 cm³/mol. The van der Waals surface area contributed by atoms with Gasteiger partial charge in [0, 0.05) is 25.7 Å². The summed E-state index contributed by atoms with van der Waals surface area (Å²) in [5.41, 5.74) is 7.23. The fraction of sp³-hybridized carbons (Fsp3) is 0.214. The number of rotatable bonds is 7. The summed E-state index contributed by atoms with van der Waals surface area (Å²) in [4.78, 5) is 11.4. The third kappa shape index (κ3) is 5.91. The van der Waals surface area contributed by atoms with Gasteiger partial charge in [0.25, 0.3) is 0 Å². The van der Waals surface area contributed by atoms with Crippen LogP contribution in [0, 0.1) is 0 Å². The van der Waals surface area contributed by atoms with Crippen molar-refractivity contribution >= 4 is 28.9 Å². The highest BCUT2D eigenvalue weighted by atomic mass is 35.5. The number of hydrogen-bond acceptors (Lipinski definition) is 4. The average Bonchev–Trinajstić information content (AvgIpc) is 2.82. The Labute approximate surface area is 201 Å². The Morgan fingerprint density at radius 3 is 2.61 bits per heavy atom. The lowest BCUT2D eigenvalue weighted by molar-refractivity contribution is 0.708. The number of fused-ring (bicyclic) bond motifs is 1. The Bertz CT molecular complexity index is 1190. The van der Waals surface area contributed by atoms with Crippen LogP contribution in [0.25, 0.3) is 5.57 Å². The molecule has 0 atom stereocenters. The van der Waals surface area contributed by atoms with Gasteiger partial charge in [-0.25, -0.2) is 4.98 Å². The van der Waals surface area contributed by atoms with E-state index in [0.29, 0.717) is 17.6 Å². The van der Waals surface area contributed by atoms with Crippen LogP contribution in [0.2, 0.25) is 5.15 Å². The molecule has 0 amide bonds. The van der Waals surface area contributed by atoms with E-state index in [2.05, 4.69) is 82.5 Å². The molecule has 0 fully saturated rings. The first-order chi connectivity index (χ1) is 16.0. The SMILES string of the molecule is C=C(C)/C=C(\C=C/C)c1ccc(CNc2cc(Cl)nc(N3CCc4ccccc4C3)n2)cc1. The van der Waals surface area contributed by atoms with Crippen LogP contribution in [0.5, 0.6) is 0 Å². The minimum atomic E-state index is 0.442. The Hall–Kier alpha value is -3.37. The number of anilines is 2. The van der Waals surface area contributed by atoms with E-state index < -0.39 is 0 Å². The van der Waals surface area contributed by atoms with Crippen molar-refractivity contribution in [3.63, 3.8) is 0 Å². The molecule has 1 aliphatic rings. The Morgan fingerprint density at radius 2 is 1.88 bits per heavy atom. The summed E-state index contributed by atoms with van der Waals surface area (Å²) in [5, 5.41) is 3.84. The van der Waals surface area contributed by atoms with Crippen molar-refractivity contribution in [2.24, 2.45) is 0 Å². The molecular weight excluding hydrogens is 428 g/mol. The number of allylic oxidation sites excluding steroid dienone is 5. The molecular formula is C28H29ClN4. The second-order valence-corrected chi connectivity index (χ2v) is 8.70. The molecule has 2 aromatic carbocycles. The average molecular weight is 457 g/mol. The number of nitrogens with one attached hydrogen (secondary N) is 1. The van der Waals surface area contributed by atoms with Gasteiger partial charge in [0.1, 0.15) is 11.0 Å². The van der Waals surface area contributed by atoms with E-state index in [4.69, 9.17) is 16.6 Å². The van der Waals surface area contributed by atoms with Gasteiger partial charge in [0.2, 0.25) is 5.95 Å². The van der Waals surface area contributed by atoms with Crippen molar-refractivity contribution in [2.45, 2.75) is 33.4 Å². The van der Waals surface area contributed by atoms with Crippen molar-refractivity contribution in [3.05, 3.63) is 112 Å². The molecule has 168 valence electrons. The maximum Gasteiger partial charge on any atom is 0.229 e. The number of benzene rings is 2. The van der Waals surface area contributed by atoms with Crippen molar-refractivity contribution in [2.75, 3.05) is 16.8 Å². The molecule has 4 nitrogen and oxygen atoms in total. The van der Waals surface area contributed by atoms with Crippen LogP contribution in [0.3, 0.4) is 0 Å². The van der Waals surface area contributed by atoms with E-state index >= 15 is 0 Å². The maximum atomic E-state index is 6.34. The highest BCUT2D eigenvalue weighted by molar-refractivity contribution is 6.29. The Kier molecular flexibility index (Phi) is 7.26. The molecule has 0 radical (unpaired) electrons. The fourth-order valence-electron chi connectivity index (χ4n) is 3.98. The molecule has 1 N–H and O–H groups in total. The second-order valence-electron chi connectivity index (χ2n) is 8.31. The van der Waals surface area contributed by atoms with E-state index in [-0.39, 0.29) is 0 Å². The predicted octanol–water partition coefficient (Wildman–Crippen LogP) is 6.84. The molecule has 1 aromatic heterocycles. The second kappa shape index (κ2) is 10.5. The molecule has 0 saturated carbocycles. The highest BCUT2D eigenvalue weighted by Gasteiger charge is 2.19. The zero-order chi connectivity index (χ0) is 23.2. The Balaban J connectivity index is 1.45. The van der Waals surface area contributed by atoms with E-state index in [1.165, 1.54) is 11.1 Å². The molecule has 0 unspecified atom stereocenters. The molecule has 5 heteroatoms. The standard InChI is InChI=1S/C28H29ClN4/c1-4-7-24(16-20(2)3)23-12-10-21(11-13-23)18-30-27-17-26(29)31-28(32-27)33-15-14-22-8-5-6-9-25(22)19-33/h4-13,16-17H,2,14-15,18-19H2,1,3H3,(H,30,31,32)/b7-4-,24-16+. The first kappa shape index (κ1) is 22.8. The third-order valence-electron chi connectivity index (χ3n) is 5.61. The van der Waals surface area contributed by atoms with Crippen molar-refractivity contribution in [3.8, 4) is 0 Å². The van der Waals surface area contributed by atoms with E-state index in [0.717, 1.165) is 47.6 Å². The van der Waals surface area contributed by atoms with E-state index in [1.807, 2.05) is 19.9 Å². The first-order valence-corrected chi connectivity index (χ1v) is 11.6. The zero-order valence-electron chi connectivity index (χ0n) is 19.2. The topological polar surface area (TPSA) is 41.1 Å².